The molecule has 1 aromatic carbocycles. The summed E-state index contributed by atoms with van der Waals surface area (Å²) in [6, 6.07) is 6.11. The molecule has 2 aromatic rings. The number of sulfone groups is 1. The zero-order valence-corrected chi connectivity index (χ0v) is 10.9. The van der Waals surface area contributed by atoms with Crippen molar-refractivity contribution in [3.8, 4) is 11.4 Å². The smallest absolute Gasteiger partial charge is 0.227 e. The number of nitrogens with zero attached hydrogens (tertiary/aromatic N) is 3. The maximum Gasteiger partial charge on any atom is 0.227 e. The van der Waals surface area contributed by atoms with Crippen LogP contribution in [0.1, 0.15) is 0 Å². The number of halogens is 1. The summed E-state index contributed by atoms with van der Waals surface area (Å²) in [6.07, 6.45) is 1.14. The van der Waals surface area contributed by atoms with Gasteiger partial charge in [0.1, 0.15) is 0 Å². The molecule has 0 aliphatic heterocycles. The predicted octanol–water partition coefficient (Wildman–Crippen LogP) is 1.18. The summed E-state index contributed by atoms with van der Waals surface area (Å²) in [5.74, 6) is 0.310. The Morgan fingerprint density at radius 2 is 1.72 bits per heavy atom. The first kappa shape index (κ1) is 12.7. The second kappa shape index (κ2) is 4.51. The first-order valence-electron chi connectivity index (χ1n) is 4.84. The molecule has 94 valence electrons. The topological polar surface area (TPSA) is 98.8 Å². The SMILES string of the molecule is CS(=O)(=O)c1ccc(-c2nc(N)nc(Cl)n2)cc1. The van der Waals surface area contributed by atoms with Crippen molar-refractivity contribution in [3.05, 3.63) is 29.5 Å². The van der Waals surface area contributed by atoms with Crippen molar-refractivity contribution >= 4 is 27.4 Å². The molecule has 2 N–H and O–H groups in total. The Hall–Kier alpha value is -1.73. The lowest BCUT2D eigenvalue weighted by atomic mass is 10.2. The molecule has 0 aliphatic rings. The minimum Gasteiger partial charge on any atom is -0.368 e. The molecule has 0 atom stereocenters. The van der Waals surface area contributed by atoms with E-state index in [1.54, 1.807) is 12.1 Å². The highest BCUT2D eigenvalue weighted by atomic mass is 35.5. The number of hydrogen-bond acceptors (Lipinski definition) is 6. The standard InChI is InChI=1S/C10H9ClN4O2S/c1-18(16,17)7-4-2-6(3-5-7)8-13-9(11)15-10(12)14-8/h2-5H,1H3,(H2,12,13,14,15). The molecule has 0 radical (unpaired) electrons. The van der Waals surface area contributed by atoms with Gasteiger partial charge in [0.05, 0.1) is 4.90 Å². The monoisotopic (exact) mass is 284 g/mol. The van der Waals surface area contributed by atoms with Gasteiger partial charge in [0, 0.05) is 11.8 Å². The number of hydrogen-bond donors (Lipinski definition) is 1. The molecule has 0 saturated carbocycles. The number of rotatable bonds is 2. The molecule has 6 nitrogen and oxygen atoms in total. The molecular weight excluding hydrogens is 276 g/mol. The summed E-state index contributed by atoms with van der Waals surface area (Å²) in [5, 5.41) is -0.00955. The first-order chi connectivity index (χ1) is 8.36. The molecule has 0 aliphatic carbocycles. The van der Waals surface area contributed by atoms with Crippen LogP contribution in [0.25, 0.3) is 11.4 Å². The first-order valence-corrected chi connectivity index (χ1v) is 7.11. The van der Waals surface area contributed by atoms with Crippen molar-refractivity contribution in [2.45, 2.75) is 4.90 Å². The van der Waals surface area contributed by atoms with E-state index in [2.05, 4.69) is 15.0 Å². The minimum atomic E-state index is -3.22. The fourth-order valence-corrected chi connectivity index (χ4v) is 2.14. The van der Waals surface area contributed by atoms with E-state index in [1.807, 2.05) is 0 Å². The van der Waals surface area contributed by atoms with E-state index in [-0.39, 0.29) is 16.1 Å². The van der Waals surface area contributed by atoms with Gasteiger partial charge in [0.2, 0.25) is 11.2 Å². The van der Waals surface area contributed by atoms with Gasteiger partial charge in [-0.15, -0.1) is 0 Å². The van der Waals surface area contributed by atoms with Crippen LogP contribution in [0.4, 0.5) is 5.95 Å². The second-order valence-electron chi connectivity index (χ2n) is 3.58. The third-order valence-corrected chi connectivity index (χ3v) is 3.46. The van der Waals surface area contributed by atoms with Crippen LogP contribution in [-0.4, -0.2) is 29.6 Å². The molecule has 0 saturated heterocycles. The van der Waals surface area contributed by atoms with Crippen LogP contribution in [0.3, 0.4) is 0 Å². The van der Waals surface area contributed by atoms with Crippen LogP contribution < -0.4 is 5.73 Å². The van der Waals surface area contributed by atoms with Gasteiger partial charge in [-0.2, -0.15) is 15.0 Å². The van der Waals surface area contributed by atoms with Gasteiger partial charge in [0.15, 0.2) is 15.7 Å². The number of nitrogens with two attached hydrogens (primary N) is 1. The molecule has 18 heavy (non-hydrogen) atoms. The van der Waals surface area contributed by atoms with Crippen molar-refractivity contribution in [1.82, 2.24) is 15.0 Å². The molecule has 0 spiro atoms. The summed E-state index contributed by atoms with van der Waals surface area (Å²) < 4.78 is 22.6. The molecule has 2 rings (SSSR count). The molecule has 8 heteroatoms. The van der Waals surface area contributed by atoms with E-state index in [1.165, 1.54) is 12.1 Å². The highest BCUT2D eigenvalue weighted by Gasteiger charge is 2.09. The molecule has 1 aromatic heterocycles. The zero-order chi connectivity index (χ0) is 13.3. The van der Waals surface area contributed by atoms with Gasteiger partial charge in [0.25, 0.3) is 0 Å². The van der Waals surface area contributed by atoms with Gasteiger partial charge in [-0.25, -0.2) is 8.42 Å². The summed E-state index contributed by atoms with van der Waals surface area (Å²) in [6.45, 7) is 0. The molecular formula is C10H9ClN4O2S. The Labute approximate surface area is 109 Å². The van der Waals surface area contributed by atoms with Crippen LogP contribution in [0.2, 0.25) is 5.28 Å². The zero-order valence-electron chi connectivity index (χ0n) is 9.33. The second-order valence-corrected chi connectivity index (χ2v) is 5.94. The Bertz CT molecular complexity index is 665. The van der Waals surface area contributed by atoms with Crippen LogP contribution in [-0.2, 0) is 9.84 Å². The van der Waals surface area contributed by atoms with Crippen LogP contribution in [0.15, 0.2) is 29.2 Å². The maximum absolute atomic E-state index is 11.3. The van der Waals surface area contributed by atoms with Crippen LogP contribution >= 0.6 is 11.6 Å². The van der Waals surface area contributed by atoms with Gasteiger partial charge >= 0.3 is 0 Å². The summed E-state index contributed by atoms with van der Waals surface area (Å²) in [5.41, 5.74) is 6.06. The van der Waals surface area contributed by atoms with Gasteiger partial charge < -0.3 is 5.73 Å². The van der Waals surface area contributed by atoms with Gasteiger partial charge in [-0.1, -0.05) is 0 Å². The minimum absolute atomic E-state index is 0.00955. The van der Waals surface area contributed by atoms with Gasteiger partial charge in [-0.3, -0.25) is 0 Å². The molecule has 0 unspecified atom stereocenters. The number of benzene rings is 1. The van der Waals surface area contributed by atoms with Crippen molar-refractivity contribution in [2.75, 3.05) is 12.0 Å². The lowest BCUT2D eigenvalue weighted by Gasteiger charge is -2.03. The van der Waals surface area contributed by atoms with Gasteiger partial charge in [-0.05, 0) is 35.9 Å². The fourth-order valence-electron chi connectivity index (χ4n) is 1.35. The molecule has 0 fully saturated rings. The third kappa shape index (κ3) is 2.74. The lowest BCUT2D eigenvalue weighted by Crippen LogP contribution is -2.00. The quantitative estimate of drug-likeness (QED) is 0.889. The normalized spacial score (nSPS) is 11.4. The molecule has 0 bridgehead atoms. The Balaban J connectivity index is 2.46. The van der Waals surface area contributed by atoms with Crippen molar-refractivity contribution < 1.29 is 8.42 Å². The average Bonchev–Trinajstić information content (AvgIpc) is 2.27. The predicted molar refractivity (Wildman–Crippen MR) is 67.8 cm³/mol. The maximum atomic E-state index is 11.3. The summed E-state index contributed by atoms with van der Waals surface area (Å²) >= 11 is 5.67. The van der Waals surface area contributed by atoms with E-state index in [0.29, 0.717) is 11.4 Å². The number of aromatic nitrogens is 3. The van der Waals surface area contributed by atoms with E-state index in [0.717, 1.165) is 6.26 Å². The average molecular weight is 285 g/mol. The van der Waals surface area contributed by atoms with E-state index >= 15 is 0 Å². The van der Waals surface area contributed by atoms with Crippen LogP contribution in [0, 0.1) is 0 Å². The molecule has 0 amide bonds. The highest BCUT2D eigenvalue weighted by molar-refractivity contribution is 7.90. The summed E-state index contributed by atoms with van der Waals surface area (Å²) in [7, 11) is -3.22. The van der Waals surface area contributed by atoms with Crippen molar-refractivity contribution in [1.29, 1.82) is 0 Å². The summed E-state index contributed by atoms with van der Waals surface area (Å²) in [4.78, 5) is 11.7. The Kier molecular flexibility index (Phi) is 3.18. The molecule has 1 heterocycles. The fraction of sp³-hybridized carbons (Fsp3) is 0.100. The largest absolute Gasteiger partial charge is 0.368 e. The Morgan fingerprint density at radius 3 is 2.22 bits per heavy atom. The van der Waals surface area contributed by atoms with Crippen molar-refractivity contribution in [2.24, 2.45) is 0 Å². The lowest BCUT2D eigenvalue weighted by molar-refractivity contribution is 0.602. The van der Waals surface area contributed by atoms with E-state index in [4.69, 9.17) is 17.3 Å². The van der Waals surface area contributed by atoms with E-state index < -0.39 is 9.84 Å². The highest BCUT2D eigenvalue weighted by Crippen LogP contribution is 2.19. The number of nitrogen functional groups attached to an aromatic ring is 1. The third-order valence-electron chi connectivity index (χ3n) is 2.17. The van der Waals surface area contributed by atoms with Crippen molar-refractivity contribution in [3.63, 3.8) is 0 Å². The number of anilines is 1. The van der Waals surface area contributed by atoms with Crippen LogP contribution in [0.5, 0.6) is 0 Å². The van der Waals surface area contributed by atoms with E-state index in [9.17, 15) is 8.42 Å². The Morgan fingerprint density at radius 1 is 1.11 bits per heavy atom.